The van der Waals surface area contributed by atoms with Crippen LogP contribution in [0.5, 0.6) is 11.5 Å². The fourth-order valence-corrected chi connectivity index (χ4v) is 26.2. The molecule has 4 nitrogen and oxygen atoms in total. The normalized spacial score (nSPS) is 15.4. The number of rotatable bonds is 3. The van der Waals surface area contributed by atoms with E-state index >= 15 is 0 Å². The quantitative estimate of drug-likeness (QED) is 0.224. The van der Waals surface area contributed by atoms with Crippen molar-refractivity contribution in [3.05, 3.63) is 152 Å². The number of para-hydroxylation sites is 4. The zero-order valence-electron chi connectivity index (χ0n) is 22.5. The van der Waals surface area contributed by atoms with Gasteiger partial charge in [-0.2, -0.15) is 0 Å². The van der Waals surface area contributed by atoms with Crippen LogP contribution in [0.2, 0.25) is 0 Å². The number of anilines is 3. The number of fused-ring (bicyclic) bond motifs is 4. The summed E-state index contributed by atoms with van der Waals surface area (Å²) in [5, 5.41) is 0. The van der Waals surface area contributed by atoms with Gasteiger partial charge in [0.1, 0.15) is 0 Å². The summed E-state index contributed by atoms with van der Waals surface area (Å²) in [5.41, 5.74) is 2.51. The number of sulfone groups is 1. The van der Waals surface area contributed by atoms with Gasteiger partial charge >= 0.3 is 251 Å². The van der Waals surface area contributed by atoms with Gasteiger partial charge in [0.2, 0.25) is 0 Å². The summed E-state index contributed by atoms with van der Waals surface area (Å²) in [6.45, 7) is 0. The van der Waals surface area contributed by atoms with E-state index in [1.165, 1.54) is 7.16 Å². The Hall–Kier alpha value is -4.33. The van der Waals surface area contributed by atoms with Crippen LogP contribution in [0.3, 0.4) is 0 Å². The van der Waals surface area contributed by atoms with Crippen LogP contribution in [0.25, 0.3) is 0 Å². The predicted molar refractivity (Wildman–Crippen MR) is 170 cm³/mol. The van der Waals surface area contributed by atoms with Crippen molar-refractivity contribution < 1.29 is 13.2 Å². The van der Waals surface area contributed by atoms with E-state index in [2.05, 4.69) is 65.6 Å². The number of hydrogen-bond donors (Lipinski definition) is 0. The SMILES string of the molecule is O=S1(=O)c2cccc[c]2[Sn]([c]2ccccc2)([c]2ccccc2)[c]2ccc(N3c4ccccc4Oc4ccccc43)cc21. The summed E-state index contributed by atoms with van der Waals surface area (Å²) in [5.74, 6) is 1.45. The van der Waals surface area contributed by atoms with Crippen LogP contribution in [-0.4, -0.2) is 26.8 Å². The number of nitrogens with zero attached hydrogens (tertiary/aromatic N) is 1. The molecule has 202 valence electrons. The van der Waals surface area contributed by atoms with Gasteiger partial charge in [-0.3, -0.25) is 0 Å². The Labute approximate surface area is 249 Å². The van der Waals surface area contributed by atoms with E-state index in [0.29, 0.717) is 9.79 Å². The molecule has 0 N–H and O–H groups in total. The molecule has 0 saturated carbocycles. The molecule has 0 aromatic heterocycles. The van der Waals surface area contributed by atoms with Crippen molar-refractivity contribution >= 4 is 59.6 Å². The average Bonchev–Trinajstić information content (AvgIpc) is 3.05. The van der Waals surface area contributed by atoms with Crippen molar-refractivity contribution in [2.45, 2.75) is 9.79 Å². The first kappa shape index (κ1) is 25.4. The Morgan fingerprint density at radius 1 is 0.500 bits per heavy atom. The van der Waals surface area contributed by atoms with Crippen molar-refractivity contribution in [2.24, 2.45) is 0 Å². The second kappa shape index (κ2) is 9.61. The van der Waals surface area contributed by atoms with Gasteiger partial charge in [-0.25, -0.2) is 0 Å². The molecule has 6 heteroatoms. The minimum atomic E-state index is -4.11. The Bertz CT molecular complexity index is 2010. The molecule has 2 aliphatic heterocycles. The Kier molecular flexibility index (Phi) is 5.81. The van der Waals surface area contributed by atoms with Gasteiger partial charge in [-0.15, -0.1) is 0 Å². The standard InChI is InChI=1S/C24H15NO3S.2C6H5.Sn/c26-29(27,19-10-2-1-3-11-19)20-12-8-9-18(17-20)25-21-13-4-6-15-23(21)28-24-16-7-5-14-22(24)25;2*1-2-4-6-5-3-1;/h1-10,13-17H;2*1-5H;. The van der Waals surface area contributed by atoms with Crippen LogP contribution in [0, 0.1) is 0 Å². The van der Waals surface area contributed by atoms with Crippen LogP contribution in [0.15, 0.2) is 161 Å². The molecular formula is C36H25NO3SSn. The van der Waals surface area contributed by atoms with Crippen LogP contribution >= 0.6 is 0 Å². The topological polar surface area (TPSA) is 46.6 Å². The van der Waals surface area contributed by atoms with E-state index in [-0.39, 0.29) is 0 Å². The molecule has 0 saturated heterocycles. The molecule has 0 bridgehead atoms. The van der Waals surface area contributed by atoms with Crippen LogP contribution in [0.1, 0.15) is 0 Å². The Morgan fingerprint density at radius 3 is 1.62 bits per heavy atom. The molecule has 0 radical (unpaired) electrons. The summed E-state index contributed by atoms with van der Waals surface area (Å²) in [6, 6.07) is 50.5. The number of ether oxygens (including phenoxy) is 1. The van der Waals surface area contributed by atoms with Gasteiger partial charge in [0.05, 0.1) is 0 Å². The van der Waals surface area contributed by atoms with Crippen LogP contribution in [-0.2, 0) is 9.84 Å². The monoisotopic (exact) mass is 671 g/mol. The summed E-state index contributed by atoms with van der Waals surface area (Å²) in [7, 11) is -3.81. The number of hydrogen-bond acceptors (Lipinski definition) is 4. The molecule has 0 atom stereocenters. The minimum absolute atomic E-state index is 0.392. The Balaban J connectivity index is 1.47. The van der Waals surface area contributed by atoms with Crippen molar-refractivity contribution in [2.75, 3.05) is 4.90 Å². The summed E-state index contributed by atoms with van der Waals surface area (Å²) < 4.78 is 39.7. The van der Waals surface area contributed by atoms with Gasteiger partial charge in [0, 0.05) is 0 Å². The number of benzene rings is 6. The van der Waals surface area contributed by atoms with E-state index in [1.807, 2.05) is 84.9 Å². The third-order valence-corrected chi connectivity index (χ3v) is 25.2. The molecule has 42 heavy (non-hydrogen) atoms. The summed E-state index contributed by atoms with van der Waals surface area (Å²) in [6.07, 6.45) is 0. The molecule has 0 spiro atoms. The molecule has 0 amide bonds. The van der Waals surface area contributed by atoms with E-state index < -0.39 is 28.2 Å². The predicted octanol–water partition coefficient (Wildman–Crippen LogP) is 5.79. The molecule has 0 aliphatic carbocycles. The zero-order chi connectivity index (χ0) is 28.3. The fourth-order valence-electron chi connectivity index (χ4n) is 6.60. The van der Waals surface area contributed by atoms with E-state index in [4.69, 9.17) is 4.74 Å². The molecule has 8 rings (SSSR count). The van der Waals surface area contributed by atoms with E-state index in [9.17, 15) is 8.42 Å². The summed E-state index contributed by atoms with van der Waals surface area (Å²) >= 11 is -4.11. The second-order valence-corrected chi connectivity index (χ2v) is 23.1. The average molecular weight is 670 g/mol. The van der Waals surface area contributed by atoms with Gasteiger partial charge in [-0.1, -0.05) is 0 Å². The van der Waals surface area contributed by atoms with Crippen molar-refractivity contribution in [3.63, 3.8) is 0 Å². The summed E-state index contributed by atoms with van der Waals surface area (Å²) in [4.78, 5) is 2.91. The van der Waals surface area contributed by atoms with Gasteiger partial charge in [0.25, 0.3) is 0 Å². The molecule has 0 unspecified atom stereocenters. The molecule has 2 heterocycles. The van der Waals surface area contributed by atoms with Gasteiger partial charge in [0.15, 0.2) is 0 Å². The molecular weight excluding hydrogens is 645 g/mol. The first-order chi connectivity index (χ1) is 20.6. The van der Waals surface area contributed by atoms with E-state index in [0.717, 1.165) is 35.7 Å². The molecule has 0 fully saturated rings. The zero-order valence-corrected chi connectivity index (χ0v) is 26.2. The fraction of sp³-hybridized carbons (Fsp3) is 0. The van der Waals surface area contributed by atoms with E-state index in [1.54, 1.807) is 6.07 Å². The van der Waals surface area contributed by atoms with Gasteiger partial charge < -0.3 is 0 Å². The third-order valence-electron chi connectivity index (χ3n) is 8.34. The molecule has 6 aromatic rings. The maximum atomic E-state index is 14.6. The van der Waals surface area contributed by atoms with Crippen molar-refractivity contribution in [3.8, 4) is 11.5 Å². The second-order valence-electron chi connectivity index (χ2n) is 10.5. The maximum absolute atomic E-state index is 14.6. The van der Waals surface area contributed by atoms with Crippen LogP contribution in [0.4, 0.5) is 17.1 Å². The Morgan fingerprint density at radius 2 is 1.00 bits per heavy atom. The first-order valence-corrected chi connectivity index (χ1v) is 21.1. The molecule has 6 aromatic carbocycles. The third kappa shape index (κ3) is 3.56. The van der Waals surface area contributed by atoms with Crippen molar-refractivity contribution in [1.82, 2.24) is 0 Å². The van der Waals surface area contributed by atoms with Crippen LogP contribution < -0.4 is 24.0 Å². The molecule has 2 aliphatic rings. The van der Waals surface area contributed by atoms with Gasteiger partial charge in [-0.05, 0) is 0 Å². The van der Waals surface area contributed by atoms with Crippen molar-refractivity contribution in [1.29, 1.82) is 0 Å². The first-order valence-electron chi connectivity index (χ1n) is 13.9.